The molecule has 1 amide bonds. The monoisotopic (exact) mass is 559 g/mol. The van der Waals surface area contributed by atoms with Gasteiger partial charge < -0.3 is 4.90 Å². The summed E-state index contributed by atoms with van der Waals surface area (Å²) in [5, 5.41) is 12.5. The second-order valence-electron chi connectivity index (χ2n) is 9.77. The van der Waals surface area contributed by atoms with E-state index >= 15 is 0 Å². The standard InChI is InChI=1S/C31H34ClN5OS/c1-3-5-19-36(20-6-4-2)25-17-13-23(14-18-25)29-33-27-10-8-7-9-26(27)28-30(38)34-31(35-37(28)29)39-21-22-11-15-24(32)16-12-22/h7-18,29H,3-6,19-21H2,1-2H3,(H,34,35,38)/t29-/m0/s1. The molecule has 202 valence electrons. The smallest absolute Gasteiger partial charge is 0.276 e. The zero-order valence-corrected chi connectivity index (χ0v) is 24.0. The quantitative estimate of drug-likeness (QED) is 0.340. The Morgan fingerprint density at radius 2 is 1.64 bits per heavy atom. The molecule has 0 radical (unpaired) electrons. The maximum atomic E-state index is 13.4. The zero-order valence-electron chi connectivity index (χ0n) is 22.4. The molecule has 2 aliphatic rings. The fraction of sp³-hybridized carbons (Fsp3) is 0.323. The van der Waals surface area contributed by atoms with Crippen molar-refractivity contribution >= 4 is 45.8 Å². The SMILES string of the molecule is CCCCN(CCCC)c1ccc([C@H]2N=c3ccccc3=C3C(=O)NC(SCc4ccc(Cl)cc4)=NN32)cc1. The number of rotatable bonds is 10. The number of nitrogens with zero attached hydrogens (tertiary/aromatic N) is 4. The Labute approximate surface area is 239 Å². The fourth-order valence-corrected chi connectivity index (χ4v) is 5.70. The van der Waals surface area contributed by atoms with Crippen molar-refractivity contribution in [2.45, 2.75) is 51.4 Å². The van der Waals surface area contributed by atoms with Crippen molar-refractivity contribution in [2.24, 2.45) is 10.1 Å². The molecule has 1 N–H and O–H groups in total. The largest absolute Gasteiger partial charge is 0.372 e. The lowest BCUT2D eigenvalue weighted by Gasteiger charge is -2.34. The van der Waals surface area contributed by atoms with Gasteiger partial charge >= 0.3 is 0 Å². The van der Waals surface area contributed by atoms with E-state index in [-0.39, 0.29) is 5.91 Å². The van der Waals surface area contributed by atoms with Gasteiger partial charge in [0, 0.05) is 34.8 Å². The van der Waals surface area contributed by atoms with Crippen LogP contribution >= 0.6 is 23.4 Å². The molecule has 0 unspecified atom stereocenters. The fourth-order valence-electron chi connectivity index (χ4n) is 4.77. The number of benzene rings is 3. The second-order valence-corrected chi connectivity index (χ2v) is 11.2. The molecule has 5 rings (SSSR count). The minimum absolute atomic E-state index is 0.169. The predicted molar refractivity (Wildman–Crippen MR) is 162 cm³/mol. The van der Waals surface area contributed by atoms with Gasteiger partial charge in [-0.3, -0.25) is 15.1 Å². The highest BCUT2D eigenvalue weighted by molar-refractivity contribution is 8.13. The van der Waals surface area contributed by atoms with Crippen LogP contribution in [0.1, 0.15) is 56.8 Å². The van der Waals surface area contributed by atoms with Crippen molar-refractivity contribution in [1.29, 1.82) is 0 Å². The summed E-state index contributed by atoms with van der Waals surface area (Å²) in [7, 11) is 0. The van der Waals surface area contributed by atoms with Gasteiger partial charge in [0.05, 0.1) is 5.36 Å². The number of para-hydroxylation sites is 1. The van der Waals surface area contributed by atoms with Crippen LogP contribution in [0.25, 0.3) is 5.70 Å². The summed E-state index contributed by atoms with van der Waals surface area (Å²) >= 11 is 7.52. The lowest BCUT2D eigenvalue weighted by molar-refractivity contribution is -0.116. The number of hydrazone groups is 1. The van der Waals surface area contributed by atoms with E-state index in [1.165, 1.54) is 43.1 Å². The first-order valence-corrected chi connectivity index (χ1v) is 15.0. The van der Waals surface area contributed by atoms with E-state index in [1.54, 1.807) is 5.01 Å². The molecule has 0 saturated heterocycles. The van der Waals surface area contributed by atoms with E-state index in [9.17, 15) is 4.79 Å². The molecular weight excluding hydrogens is 526 g/mol. The molecule has 39 heavy (non-hydrogen) atoms. The Kier molecular flexibility index (Phi) is 8.89. The number of hydrogen-bond acceptors (Lipinski definition) is 6. The van der Waals surface area contributed by atoms with Crippen molar-refractivity contribution in [3.05, 3.63) is 99.5 Å². The number of unbranched alkanes of at least 4 members (excludes halogenated alkanes) is 2. The number of carbonyl (C=O) groups is 1. The van der Waals surface area contributed by atoms with Crippen LogP contribution < -0.4 is 20.8 Å². The van der Waals surface area contributed by atoms with Gasteiger partial charge in [0.2, 0.25) is 0 Å². The zero-order chi connectivity index (χ0) is 27.2. The number of amides is 1. The van der Waals surface area contributed by atoms with Crippen molar-refractivity contribution in [1.82, 2.24) is 10.3 Å². The molecule has 3 aromatic rings. The maximum absolute atomic E-state index is 13.4. The first-order chi connectivity index (χ1) is 19.1. The Morgan fingerprint density at radius 1 is 0.949 bits per heavy atom. The summed E-state index contributed by atoms with van der Waals surface area (Å²) in [6.45, 7) is 6.57. The van der Waals surface area contributed by atoms with E-state index in [0.717, 1.165) is 34.8 Å². The normalized spacial score (nSPS) is 16.1. The number of nitrogens with one attached hydrogen (secondary N) is 1. The van der Waals surface area contributed by atoms with E-state index in [2.05, 4.69) is 48.3 Å². The average Bonchev–Trinajstić information content (AvgIpc) is 2.96. The summed E-state index contributed by atoms with van der Waals surface area (Å²) in [6, 6.07) is 24.1. The molecule has 0 aliphatic carbocycles. The first kappa shape index (κ1) is 27.3. The van der Waals surface area contributed by atoms with Crippen molar-refractivity contribution < 1.29 is 4.79 Å². The minimum atomic E-state index is -0.430. The van der Waals surface area contributed by atoms with Crippen LogP contribution in [0.15, 0.2) is 82.9 Å². The van der Waals surface area contributed by atoms with Crippen LogP contribution in [0.3, 0.4) is 0 Å². The molecule has 0 spiro atoms. The summed E-state index contributed by atoms with van der Waals surface area (Å²) < 4.78 is 0. The van der Waals surface area contributed by atoms with Crippen molar-refractivity contribution in [3.63, 3.8) is 0 Å². The Balaban J connectivity index is 1.46. The van der Waals surface area contributed by atoms with E-state index in [1.807, 2.05) is 48.5 Å². The molecule has 0 aromatic heterocycles. The number of amidine groups is 1. The number of thioether (sulfide) groups is 1. The molecule has 2 heterocycles. The van der Waals surface area contributed by atoms with Gasteiger partial charge in [-0.25, -0.2) is 5.01 Å². The Morgan fingerprint density at radius 3 is 2.33 bits per heavy atom. The average molecular weight is 560 g/mol. The van der Waals surface area contributed by atoms with Crippen molar-refractivity contribution in [3.8, 4) is 0 Å². The van der Waals surface area contributed by atoms with Gasteiger partial charge in [0.25, 0.3) is 5.91 Å². The topological polar surface area (TPSA) is 60.3 Å². The maximum Gasteiger partial charge on any atom is 0.276 e. The van der Waals surface area contributed by atoms with Gasteiger partial charge in [0.15, 0.2) is 11.3 Å². The molecule has 0 bridgehead atoms. The van der Waals surface area contributed by atoms with Gasteiger partial charge in [-0.1, -0.05) is 92.5 Å². The van der Waals surface area contributed by atoms with Crippen LogP contribution in [0.5, 0.6) is 0 Å². The predicted octanol–water partition coefficient (Wildman–Crippen LogP) is 5.82. The van der Waals surface area contributed by atoms with E-state index in [0.29, 0.717) is 21.6 Å². The molecule has 6 nitrogen and oxygen atoms in total. The number of carbonyl (C=O) groups excluding carboxylic acids is 1. The molecule has 0 fully saturated rings. The highest BCUT2D eigenvalue weighted by atomic mass is 35.5. The third kappa shape index (κ3) is 6.31. The molecule has 3 aromatic carbocycles. The van der Waals surface area contributed by atoms with Crippen LogP contribution in [0.2, 0.25) is 5.02 Å². The molecule has 1 atom stereocenters. The lowest BCUT2D eigenvalue weighted by atomic mass is 10.1. The highest BCUT2D eigenvalue weighted by Gasteiger charge is 2.34. The highest BCUT2D eigenvalue weighted by Crippen LogP contribution is 2.32. The Bertz CT molecular complexity index is 1450. The van der Waals surface area contributed by atoms with Gasteiger partial charge in [0.1, 0.15) is 5.70 Å². The molecule has 8 heteroatoms. The third-order valence-corrected chi connectivity index (χ3v) is 8.11. The van der Waals surface area contributed by atoms with Gasteiger partial charge in [-0.15, -0.1) is 5.10 Å². The Hall–Kier alpha value is -3.29. The summed E-state index contributed by atoms with van der Waals surface area (Å²) in [5.41, 5.74) is 3.85. The third-order valence-electron chi connectivity index (χ3n) is 6.92. The number of hydrogen-bond donors (Lipinski definition) is 1. The van der Waals surface area contributed by atoms with Gasteiger partial charge in [-0.05, 0) is 54.3 Å². The van der Waals surface area contributed by atoms with Gasteiger partial charge in [-0.2, -0.15) is 0 Å². The van der Waals surface area contributed by atoms with Crippen LogP contribution in [-0.2, 0) is 10.5 Å². The van der Waals surface area contributed by atoms with Crippen LogP contribution in [0, 0.1) is 0 Å². The summed E-state index contributed by atoms with van der Waals surface area (Å²) in [6.07, 6.45) is 4.26. The number of halogens is 1. The summed E-state index contributed by atoms with van der Waals surface area (Å²) in [4.78, 5) is 21.0. The first-order valence-electron chi connectivity index (χ1n) is 13.7. The molecule has 0 saturated carbocycles. The summed E-state index contributed by atoms with van der Waals surface area (Å²) in [5.74, 6) is 0.496. The van der Waals surface area contributed by atoms with Crippen molar-refractivity contribution in [2.75, 3.05) is 18.0 Å². The molecular formula is C31H34ClN5OS. The molecule has 2 aliphatic heterocycles. The lowest BCUT2D eigenvalue weighted by Crippen LogP contribution is -2.50. The number of anilines is 1. The van der Waals surface area contributed by atoms with E-state index < -0.39 is 6.17 Å². The second kappa shape index (κ2) is 12.7. The minimum Gasteiger partial charge on any atom is -0.372 e. The van der Waals surface area contributed by atoms with E-state index in [4.69, 9.17) is 21.7 Å². The van der Waals surface area contributed by atoms with Crippen LogP contribution in [-0.4, -0.2) is 29.2 Å². The number of fused-ring (bicyclic) bond motifs is 2. The van der Waals surface area contributed by atoms with Crippen LogP contribution in [0.4, 0.5) is 5.69 Å².